The van der Waals surface area contributed by atoms with Crippen molar-refractivity contribution in [1.82, 2.24) is 14.3 Å². The second-order valence-corrected chi connectivity index (χ2v) is 6.15. The molecule has 3 rings (SSSR count). The van der Waals surface area contributed by atoms with Gasteiger partial charge in [0.15, 0.2) is 0 Å². The number of carbonyl (C=O) groups is 1. The molecule has 1 aliphatic heterocycles. The van der Waals surface area contributed by atoms with Crippen LogP contribution < -0.4 is 10.2 Å². The first-order chi connectivity index (χ1) is 10.6. The van der Waals surface area contributed by atoms with Crippen LogP contribution in [0.1, 0.15) is 12.7 Å². The minimum absolute atomic E-state index is 0.101. The Labute approximate surface area is 133 Å². The van der Waals surface area contributed by atoms with Gasteiger partial charge in [0.2, 0.25) is 5.13 Å². The second kappa shape index (κ2) is 6.31. The van der Waals surface area contributed by atoms with Crippen molar-refractivity contribution in [1.29, 1.82) is 0 Å². The molecule has 1 aromatic heterocycles. The summed E-state index contributed by atoms with van der Waals surface area (Å²) in [6.07, 6.45) is 0. The number of amides is 2. The van der Waals surface area contributed by atoms with Gasteiger partial charge in [0, 0.05) is 42.9 Å². The van der Waals surface area contributed by atoms with E-state index in [0.29, 0.717) is 17.5 Å². The fourth-order valence-corrected chi connectivity index (χ4v) is 3.21. The monoisotopic (exact) mass is 317 g/mol. The summed E-state index contributed by atoms with van der Waals surface area (Å²) in [6, 6.07) is 10.3. The summed E-state index contributed by atoms with van der Waals surface area (Å²) in [5, 5.41) is 3.39. The summed E-state index contributed by atoms with van der Waals surface area (Å²) >= 11 is 1.21. The summed E-state index contributed by atoms with van der Waals surface area (Å²) in [5.41, 5.74) is 1.20. The molecule has 2 aromatic rings. The van der Waals surface area contributed by atoms with Gasteiger partial charge in [0.1, 0.15) is 5.82 Å². The van der Waals surface area contributed by atoms with Crippen LogP contribution in [-0.2, 0) is 0 Å². The average molecular weight is 317 g/mol. The Morgan fingerprint density at radius 3 is 2.73 bits per heavy atom. The zero-order chi connectivity index (χ0) is 15.5. The Hall–Kier alpha value is -2.15. The van der Waals surface area contributed by atoms with E-state index >= 15 is 0 Å². The highest BCUT2D eigenvalue weighted by atomic mass is 32.1. The van der Waals surface area contributed by atoms with Crippen molar-refractivity contribution in [2.75, 3.05) is 29.9 Å². The average Bonchev–Trinajstić information content (AvgIpc) is 2.93. The van der Waals surface area contributed by atoms with Gasteiger partial charge in [-0.2, -0.15) is 4.37 Å². The number of hydrogen-bond donors (Lipinski definition) is 1. The minimum Gasteiger partial charge on any atom is -0.368 e. The molecule has 1 aliphatic rings. The van der Waals surface area contributed by atoms with E-state index in [0.717, 1.165) is 13.1 Å². The van der Waals surface area contributed by atoms with Gasteiger partial charge in [-0.3, -0.25) is 5.32 Å². The molecule has 6 nitrogen and oxygen atoms in total. The molecule has 1 unspecified atom stereocenters. The third-order valence-electron chi connectivity index (χ3n) is 3.75. The third kappa shape index (κ3) is 3.19. The number of anilines is 2. The molecule has 1 fully saturated rings. The van der Waals surface area contributed by atoms with Crippen molar-refractivity contribution < 1.29 is 4.79 Å². The van der Waals surface area contributed by atoms with Gasteiger partial charge < -0.3 is 9.80 Å². The predicted molar refractivity (Wildman–Crippen MR) is 88.5 cm³/mol. The molecule has 2 amide bonds. The molecule has 0 aliphatic carbocycles. The van der Waals surface area contributed by atoms with Gasteiger partial charge in [-0.1, -0.05) is 18.2 Å². The van der Waals surface area contributed by atoms with E-state index in [9.17, 15) is 4.79 Å². The van der Waals surface area contributed by atoms with E-state index in [4.69, 9.17) is 0 Å². The quantitative estimate of drug-likeness (QED) is 0.925. The fourth-order valence-electron chi connectivity index (χ4n) is 2.64. The maximum absolute atomic E-state index is 12.4. The van der Waals surface area contributed by atoms with Crippen LogP contribution in [0.2, 0.25) is 0 Å². The lowest BCUT2D eigenvalue weighted by Crippen LogP contribution is -2.55. The number of aromatic nitrogens is 2. The smallest absolute Gasteiger partial charge is 0.324 e. The standard InChI is InChI=1S/C15H19N5OS/c1-11-10-19(13-6-4-3-5-7-13)8-9-20(11)15(21)17-14-16-12(2)18-22-14/h3-7,11H,8-10H2,1-2H3,(H,16,17,18,21). The molecule has 0 saturated carbocycles. The summed E-state index contributed by atoms with van der Waals surface area (Å²) in [6.45, 7) is 6.23. The fraction of sp³-hybridized carbons (Fsp3) is 0.400. The zero-order valence-corrected chi connectivity index (χ0v) is 13.5. The number of nitrogens with zero attached hydrogens (tertiary/aromatic N) is 4. The van der Waals surface area contributed by atoms with Gasteiger partial charge in [-0.15, -0.1) is 0 Å². The van der Waals surface area contributed by atoms with Crippen molar-refractivity contribution in [3.63, 3.8) is 0 Å². The van der Waals surface area contributed by atoms with E-state index in [1.165, 1.54) is 17.2 Å². The van der Waals surface area contributed by atoms with Crippen molar-refractivity contribution >= 4 is 28.4 Å². The number of aryl methyl sites for hydroxylation is 1. The Balaban J connectivity index is 1.61. The number of para-hydroxylation sites is 1. The lowest BCUT2D eigenvalue weighted by Gasteiger charge is -2.40. The second-order valence-electron chi connectivity index (χ2n) is 5.40. The number of benzene rings is 1. The van der Waals surface area contributed by atoms with Crippen LogP contribution in [0, 0.1) is 6.92 Å². The van der Waals surface area contributed by atoms with Gasteiger partial charge in [0.25, 0.3) is 0 Å². The zero-order valence-electron chi connectivity index (χ0n) is 12.7. The minimum atomic E-state index is -0.101. The van der Waals surface area contributed by atoms with Crippen LogP contribution in [0.4, 0.5) is 15.6 Å². The summed E-state index contributed by atoms with van der Waals surface area (Å²) < 4.78 is 4.07. The van der Waals surface area contributed by atoms with E-state index in [1.807, 2.05) is 30.0 Å². The Bertz CT molecular complexity index is 644. The van der Waals surface area contributed by atoms with Crippen molar-refractivity contribution in [3.8, 4) is 0 Å². The van der Waals surface area contributed by atoms with E-state index in [-0.39, 0.29) is 12.1 Å². The van der Waals surface area contributed by atoms with Crippen LogP contribution in [0.5, 0.6) is 0 Å². The lowest BCUT2D eigenvalue weighted by atomic mass is 10.1. The number of urea groups is 1. The molecule has 2 heterocycles. The highest BCUT2D eigenvalue weighted by molar-refractivity contribution is 7.09. The van der Waals surface area contributed by atoms with Gasteiger partial charge >= 0.3 is 6.03 Å². The SMILES string of the molecule is Cc1nsc(NC(=O)N2CCN(c3ccccc3)CC2C)n1. The summed E-state index contributed by atoms with van der Waals surface area (Å²) in [5.74, 6) is 0.683. The Morgan fingerprint density at radius 2 is 2.09 bits per heavy atom. The van der Waals surface area contributed by atoms with Crippen molar-refractivity contribution in [2.45, 2.75) is 19.9 Å². The third-order valence-corrected chi connectivity index (χ3v) is 4.47. The van der Waals surface area contributed by atoms with Crippen LogP contribution in [-0.4, -0.2) is 46.0 Å². The first-order valence-corrected chi connectivity index (χ1v) is 8.09. The first-order valence-electron chi connectivity index (χ1n) is 7.31. The highest BCUT2D eigenvalue weighted by Gasteiger charge is 2.28. The molecule has 0 radical (unpaired) electrons. The van der Waals surface area contributed by atoms with Crippen LogP contribution in [0.3, 0.4) is 0 Å². The molecule has 0 bridgehead atoms. The number of nitrogens with one attached hydrogen (secondary N) is 1. The van der Waals surface area contributed by atoms with Crippen molar-refractivity contribution in [2.24, 2.45) is 0 Å². The van der Waals surface area contributed by atoms with Gasteiger partial charge in [-0.05, 0) is 26.0 Å². The molecule has 1 N–H and O–H groups in total. The van der Waals surface area contributed by atoms with Crippen LogP contribution >= 0.6 is 11.5 Å². The number of piperazine rings is 1. The van der Waals surface area contributed by atoms with E-state index in [1.54, 1.807) is 0 Å². The Kier molecular flexibility index (Phi) is 4.24. The topological polar surface area (TPSA) is 61.4 Å². The van der Waals surface area contributed by atoms with Gasteiger partial charge in [0.05, 0.1) is 0 Å². The molecular weight excluding hydrogens is 298 g/mol. The van der Waals surface area contributed by atoms with Crippen molar-refractivity contribution in [3.05, 3.63) is 36.2 Å². The number of rotatable bonds is 2. The molecule has 0 spiro atoms. The molecule has 1 saturated heterocycles. The maximum atomic E-state index is 12.4. The van der Waals surface area contributed by atoms with Crippen LogP contribution in [0.25, 0.3) is 0 Å². The number of carbonyl (C=O) groups excluding carboxylic acids is 1. The van der Waals surface area contributed by atoms with Gasteiger partial charge in [-0.25, -0.2) is 9.78 Å². The summed E-state index contributed by atoms with van der Waals surface area (Å²) in [4.78, 5) is 20.7. The molecule has 1 aromatic carbocycles. The molecule has 116 valence electrons. The van der Waals surface area contributed by atoms with E-state index < -0.39 is 0 Å². The highest BCUT2D eigenvalue weighted by Crippen LogP contribution is 2.20. The predicted octanol–water partition coefficient (Wildman–Crippen LogP) is 2.59. The summed E-state index contributed by atoms with van der Waals surface area (Å²) in [7, 11) is 0. The van der Waals surface area contributed by atoms with Crippen LogP contribution in [0.15, 0.2) is 30.3 Å². The molecular formula is C15H19N5OS. The Morgan fingerprint density at radius 1 is 1.32 bits per heavy atom. The first kappa shape index (κ1) is 14.8. The normalized spacial score (nSPS) is 18.4. The maximum Gasteiger partial charge on any atom is 0.324 e. The lowest BCUT2D eigenvalue weighted by molar-refractivity contribution is 0.185. The van der Waals surface area contributed by atoms with E-state index in [2.05, 4.69) is 38.6 Å². The molecule has 7 heteroatoms. The number of hydrogen-bond acceptors (Lipinski definition) is 5. The molecule has 1 atom stereocenters. The molecule has 22 heavy (non-hydrogen) atoms. The largest absolute Gasteiger partial charge is 0.368 e.